The molecule has 7 heteroatoms. The molecular formula is C13H19N3O2S2. The van der Waals surface area contributed by atoms with Gasteiger partial charge < -0.3 is 5.73 Å². The first-order chi connectivity index (χ1) is 9.36. The van der Waals surface area contributed by atoms with Gasteiger partial charge in [-0.05, 0) is 25.1 Å². The summed E-state index contributed by atoms with van der Waals surface area (Å²) in [5, 5.41) is 8.61. The molecule has 0 aromatic heterocycles. The second-order valence-corrected chi connectivity index (χ2v) is 7.78. The van der Waals surface area contributed by atoms with Gasteiger partial charge in [-0.15, -0.1) is 11.8 Å². The van der Waals surface area contributed by atoms with Crippen LogP contribution in [0.25, 0.3) is 0 Å². The predicted octanol–water partition coefficient (Wildman–Crippen LogP) is 1.92. The van der Waals surface area contributed by atoms with Gasteiger partial charge in [0.2, 0.25) is 10.0 Å². The Hall–Kier alpha value is -1.23. The first kappa shape index (κ1) is 16.8. The Morgan fingerprint density at radius 3 is 2.80 bits per heavy atom. The summed E-state index contributed by atoms with van der Waals surface area (Å²) >= 11 is 1.45. The summed E-state index contributed by atoms with van der Waals surface area (Å²) in [5.41, 5.74) is 6.33. The number of hydrogen-bond donors (Lipinski definition) is 1. The van der Waals surface area contributed by atoms with Crippen molar-refractivity contribution in [1.29, 1.82) is 5.26 Å². The van der Waals surface area contributed by atoms with Crippen LogP contribution >= 0.6 is 11.8 Å². The Morgan fingerprint density at radius 2 is 2.20 bits per heavy atom. The van der Waals surface area contributed by atoms with Crippen LogP contribution in [-0.4, -0.2) is 37.3 Å². The molecule has 0 heterocycles. The number of thioether (sulfide) groups is 1. The second kappa shape index (κ2) is 7.53. The van der Waals surface area contributed by atoms with E-state index >= 15 is 0 Å². The number of nitrogen functional groups attached to an aromatic ring is 1. The molecule has 0 spiro atoms. The van der Waals surface area contributed by atoms with Crippen molar-refractivity contribution >= 4 is 27.5 Å². The molecule has 0 fully saturated rings. The van der Waals surface area contributed by atoms with Crippen molar-refractivity contribution in [1.82, 2.24) is 4.31 Å². The van der Waals surface area contributed by atoms with Gasteiger partial charge in [-0.1, -0.05) is 6.07 Å². The highest BCUT2D eigenvalue weighted by molar-refractivity contribution is 8.00. The monoisotopic (exact) mass is 313 g/mol. The van der Waals surface area contributed by atoms with E-state index in [4.69, 9.17) is 11.0 Å². The van der Waals surface area contributed by atoms with E-state index in [0.717, 1.165) is 4.90 Å². The fourth-order valence-electron chi connectivity index (χ4n) is 1.55. The van der Waals surface area contributed by atoms with E-state index in [2.05, 4.69) is 0 Å². The molecule has 5 nitrogen and oxygen atoms in total. The van der Waals surface area contributed by atoms with Crippen LogP contribution in [0.15, 0.2) is 29.2 Å². The highest BCUT2D eigenvalue weighted by Crippen LogP contribution is 2.21. The van der Waals surface area contributed by atoms with Crippen LogP contribution in [-0.2, 0) is 10.0 Å². The maximum atomic E-state index is 12.1. The third-order valence-electron chi connectivity index (χ3n) is 2.91. The Morgan fingerprint density at radius 1 is 1.50 bits per heavy atom. The van der Waals surface area contributed by atoms with E-state index in [1.54, 1.807) is 13.0 Å². The van der Waals surface area contributed by atoms with Gasteiger partial charge in [0.15, 0.2) is 0 Å². The van der Waals surface area contributed by atoms with Crippen LogP contribution in [0.3, 0.4) is 0 Å². The van der Waals surface area contributed by atoms with Gasteiger partial charge in [0.05, 0.1) is 18.2 Å². The maximum absolute atomic E-state index is 12.1. The number of nitriles is 1. The molecule has 110 valence electrons. The standard InChI is InChI=1S/C13H19N3O2S2/c1-11(6-7-14)16(2)20(17,18)9-8-19-13-5-3-4-12(15)10-13/h3-5,10-11H,6,8-9,15H2,1-2H3. The summed E-state index contributed by atoms with van der Waals surface area (Å²) in [5.74, 6) is 0.494. The molecular weight excluding hydrogens is 294 g/mol. The van der Waals surface area contributed by atoms with Crippen LogP contribution in [0.5, 0.6) is 0 Å². The second-order valence-electron chi connectivity index (χ2n) is 4.46. The molecule has 1 aromatic rings. The molecule has 0 aliphatic heterocycles. The van der Waals surface area contributed by atoms with E-state index < -0.39 is 10.0 Å². The summed E-state index contributed by atoms with van der Waals surface area (Å²) in [7, 11) is -1.82. The number of rotatable bonds is 7. The van der Waals surface area contributed by atoms with Crippen molar-refractivity contribution in [3.63, 3.8) is 0 Å². The van der Waals surface area contributed by atoms with Gasteiger partial charge in [-0.2, -0.15) is 5.26 Å². The third kappa shape index (κ3) is 5.04. The molecule has 1 aromatic carbocycles. The fourth-order valence-corrected chi connectivity index (χ4v) is 4.26. The van der Waals surface area contributed by atoms with Gasteiger partial charge >= 0.3 is 0 Å². The number of nitrogens with two attached hydrogens (primary N) is 1. The lowest BCUT2D eigenvalue weighted by molar-refractivity contribution is 0.394. The van der Waals surface area contributed by atoms with Gasteiger partial charge in [0, 0.05) is 29.4 Å². The first-order valence-electron chi connectivity index (χ1n) is 6.18. The lowest BCUT2D eigenvalue weighted by Crippen LogP contribution is -2.37. The average molecular weight is 313 g/mol. The summed E-state index contributed by atoms with van der Waals surface area (Å²) < 4.78 is 25.4. The van der Waals surface area contributed by atoms with Crippen LogP contribution in [0.1, 0.15) is 13.3 Å². The smallest absolute Gasteiger partial charge is 0.214 e. The molecule has 20 heavy (non-hydrogen) atoms. The highest BCUT2D eigenvalue weighted by Gasteiger charge is 2.22. The molecule has 0 radical (unpaired) electrons. The largest absolute Gasteiger partial charge is 0.399 e. The van der Waals surface area contributed by atoms with Crippen LogP contribution in [0.4, 0.5) is 5.69 Å². The molecule has 0 bridgehead atoms. The van der Waals surface area contributed by atoms with Gasteiger partial charge in [0.25, 0.3) is 0 Å². The van der Waals surface area contributed by atoms with Crippen molar-refractivity contribution < 1.29 is 8.42 Å². The van der Waals surface area contributed by atoms with E-state index in [0.29, 0.717) is 11.4 Å². The van der Waals surface area contributed by atoms with Crippen molar-refractivity contribution in [3.8, 4) is 6.07 Å². The topological polar surface area (TPSA) is 87.2 Å². The molecule has 1 atom stereocenters. The van der Waals surface area contributed by atoms with Crippen molar-refractivity contribution in [2.45, 2.75) is 24.3 Å². The quantitative estimate of drug-likeness (QED) is 0.614. The Kier molecular flexibility index (Phi) is 6.33. The predicted molar refractivity (Wildman–Crippen MR) is 82.8 cm³/mol. The van der Waals surface area contributed by atoms with E-state index in [1.807, 2.05) is 24.3 Å². The summed E-state index contributed by atoms with van der Waals surface area (Å²) in [6.45, 7) is 1.73. The number of benzene rings is 1. The Bertz CT molecular complexity index is 582. The maximum Gasteiger partial charge on any atom is 0.214 e. The average Bonchev–Trinajstić information content (AvgIpc) is 2.38. The summed E-state index contributed by atoms with van der Waals surface area (Å²) in [4.78, 5) is 0.952. The molecule has 2 N–H and O–H groups in total. The first-order valence-corrected chi connectivity index (χ1v) is 8.77. The highest BCUT2D eigenvalue weighted by atomic mass is 32.2. The lowest BCUT2D eigenvalue weighted by Gasteiger charge is -2.22. The normalized spacial score (nSPS) is 13.1. The number of anilines is 1. The molecule has 0 amide bonds. The van der Waals surface area contributed by atoms with Crippen LogP contribution in [0, 0.1) is 11.3 Å². The molecule has 1 unspecified atom stereocenters. The third-order valence-corrected chi connectivity index (χ3v) is 6.13. The molecule has 0 saturated heterocycles. The Labute approximate surface area is 124 Å². The fraction of sp³-hybridized carbons (Fsp3) is 0.462. The van der Waals surface area contributed by atoms with E-state index in [-0.39, 0.29) is 18.2 Å². The van der Waals surface area contributed by atoms with Crippen molar-refractivity contribution in [2.24, 2.45) is 0 Å². The minimum atomic E-state index is -3.33. The molecule has 0 aliphatic rings. The Balaban J connectivity index is 2.54. The zero-order chi connectivity index (χ0) is 15.2. The van der Waals surface area contributed by atoms with E-state index in [1.165, 1.54) is 23.1 Å². The van der Waals surface area contributed by atoms with Crippen LogP contribution < -0.4 is 5.73 Å². The molecule has 0 aliphatic carbocycles. The number of nitrogens with zero attached hydrogens (tertiary/aromatic N) is 2. The minimum Gasteiger partial charge on any atom is -0.399 e. The lowest BCUT2D eigenvalue weighted by atomic mass is 10.3. The van der Waals surface area contributed by atoms with Crippen LogP contribution in [0.2, 0.25) is 0 Å². The SMILES string of the molecule is CC(CC#N)N(C)S(=O)(=O)CCSc1cccc(N)c1. The van der Waals surface area contributed by atoms with Gasteiger partial charge in [-0.25, -0.2) is 12.7 Å². The summed E-state index contributed by atoms with van der Waals surface area (Å²) in [6.07, 6.45) is 0.193. The molecule has 1 rings (SSSR count). The van der Waals surface area contributed by atoms with E-state index in [9.17, 15) is 8.42 Å². The zero-order valence-corrected chi connectivity index (χ0v) is 13.2. The van der Waals surface area contributed by atoms with Gasteiger partial charge in [0.1, 0.15) is 0 Å². The minimum absolute atomic E-state index is 0.0404. The number of hydrogen-bond acceptors (Lipinski definition) is 5. The number of sulfonamides is 1. The molecule has 0 saturated carbocycles. The zero-order valence-electron chi connectivity index (χ0n) is 11.6. The summed E-state index contributed by atoms with van der Waals surface area (Å²) in [6, 6.07) is 9.03. The van der Waals surface area contributed by atoms with Crippen molar-refractivity contribution in [3.05, 3.63) is 24.3 Å². The van der Waals surface area contributed by atoms with Gasteiger partial charge in [-0.3, -0.25) is 0 Å². The van der Waals surface area contributed by atoms with Crippen molar-refractivity contribution in [2.75, 3.05) is 24.3 Å².